The van der Waals surface area contributed by atoms with Crippen molar-refractivity contribution in [1.29, 1.82) is 0 Å². The molecule has 0 aromatic heterocycles. The van der Waals surface area contributed by atoms with E-state index in [1.54, 1.807) is 6.08 Å². The Kier molecular flexibility index (Phi) is 7.72. The van der Waals surface area contributed by atoms with Crippen LogP contribution in [0.2, 0.25) is 0 Å². The molecule has 4 bridgehead atoms. The summed E-state index contributed by atoms with van der Waals surface area (Å²) in [6.07, 6.45) is 8.28. The SMILES string of the molecule is CC(C)=CCC[C@]1(C)C[C@H](O)c2c(O)c3c(c(CC=C(C)C)c2O1)O[C@@]12C(=C[C@H]4C[C@@H]1C(C)(C)O[C@]2(C/C=C(\C)C(=O)O)C4=O)C3=O. The van der Waals surface area contributed by atoms with E-state index in [0.29, 0.717) is 18.4 Å². The average Bonchev–Trinajstić information content (AvgIpc) is 3.11. The van der Waals surface area contributed by atoms with Crippen molar-refractivity contribution in [1.82, 2.24) is 0 Å². The topological polar surface area (TPSA) is 140 Å². The van der Waals surface area contributed by atoms with Crippen LogP contribution < -0.4 is 9.47 Å². The highest BCUT2D eigenvalue weighted by Gasteiger charge is 2.81. The van der Waals surface area contributed by atoms with E-state index in [4.69, 9.17) is 14.2 Å². The number of Topliss-reactive ketones (excluding diaryl/α,β-unsaturated/α-hetero) is 2. The summed E-state index contributed by atoms with van der Waals surface area (Å²) in [5, 5.41) is 33.0. The highest BCUT2D eigenvalue weighted by Crippen LogP contribution is 2.69. The molecule has 0 amide bonds. The van der Waals surface area contributed by atoms with Crippen LogP contribution in [0, 0.1) is 11.8 Å². The van der Waals surface area contributed by atoms with Crippen LogP contribution >= 0.6 is 0 Å². The van der Waals surface area contributed by atoms with Gasteiger partial charge in [-0.3, -0.25) is 9.59 Å². The van der Waals surface area contributed by atoms with E-state index >= 15 is 0 Å². The Hall–Kier alpha value is -3.69. The van der Waals surface area contributed by atoms with E-state index in [2.05, 4.69) is 6.08 Å². The number of aliphatic hydroxyl groups is 1. The molecule has 2 fully saturated rings. The molecule has 3 N–H and O–H groups in total. The maximum absolute atomic E-state index is 14.8. The summed E-state index contributed by atoms with van der Waals surface area (Å²) in [6, 6.07) is 0. The number of phenolic OH excluding ortho intramolecular Hbond substituents is 1. The molecular weight excluding hydrogens is 600 g/mol. The number of carboxylic acids is 1. The molecule has 3 heterocycles. The summed E-state index contributed by atoms with van der Waals surface area (Å²) >= 11 is 0. The average molecular weight is 647 g/mol. The number of ketones is 2. The van der Waals surface area contributed by atoms with Gasteiger partial charge in [0, 0.05) is 41.4 Å². The first-order chi connectivity index (χ1) is 21.9. The predicted molar refractivity (Wildman–Crippen MR) is 175 cm³/mol. The van der Waals surface area contributed by atoms with E-state index in [1.807, 2.05) is 54.5 Å². The number of phenols is 1. The van der Waals surface area contributed by atoms with Gasteiger partial charge in [0.05, 0.1) is 17.3 Å². The van der Waals surface area contributed by atoms with Gasteiger partial charge in [0.15, 0.2) is 22.8 Å². The quantitative estimate of drug-likeness (QED) is 0.209. The first kappa shape index (κ1) is 33.2. The Balaban J connectivity index is 1.60. The van der Waals surface area contributed by atoms with Crippen molar-refractivity contribution in [2.24, 2.45) is 11.8 Å². The van der Waals surface area contributed by atoms with Gasteiger partial charge in [0.25, 0.3) is 0 Å². The number of benzene rings is 1. The fourth-order valence-electron chi connectivity index (χ4n) is 8.64. The lowest BCUT2D eigenvalue weighted by Crippen LogP contribution is -2.72. The number of fused-ring (bicyclic) bond motifs is 2. The number of carboxylic acid groups (broad SMARTS) is 1. The molecule has 9 heteroatoms. The van der Waals surface area contributed by atoms with Gasteiger partial charge in [-0.1, -0.05) is 35.5 Å². The molecule has 1 saturated carbocycles. The fourth-order valence-corrected chi connectivity index (χ4v) is 8.64. The summed E-state index contributed by atoms with van der Waals surface area (Å²) < 4.78 is 20.6. The van der Waals surface area contributed by atoms with E-state index in [1.165, 1.54) is 18.6 Å². The molecule has 6 aliphatic rings. The number of aliphatic hydroxyl groups excluding tert-OH is 1. The number of ether oxygens (including phenoxy) is 3. The fraction of sp³-hybridized carbons (Fsp3) is 0.553. The standard InChI is InChI=1S/C38H46O9/c1-19(2)10-9-14-36(8)18-25(39)27-30(41)28-29(40)24-16-22-17-26-35(6,7)47-37(33(22)42,15-13-21(5)34(43)44)38(24,26)46-32(28)23(31(27)45-36)12-11-20(3)4/h10-11,13,16,22,25-26,39,41H,9,12,14-15,17-18H2,1-8H3,(H,43,44)/b21-13+/t22-,25-,26+,36+,37+,38-/m0/s1. The maximum Gasteiger partial charge on any atom is 0.330 e. The van der Waals surface area contributed by atoms with E-state index in [-0.39, 0.29) is 64.6 Å². The number of carbonyl (C=O) groups excluding carboxylic acids is 2. The van der Waals surface area contributed by atoms with E-state index < -0.39 is 52.1 Å². The van der Waals surface area contributed by atoms with Crippen LogP contribution in [0.25, 0.3) is 0 Å². The molecule has 1 spiro atoms. The second kappa shape index (κ2) is 10.9. The zero-order valence-electron chi connectivity index (χ0n) is 28.6. The zero-order chi connectivity index (χ0) is 34.4. The van der Waals surface area contributed by atoms with E-state index in [0.717, 1.165) is 12.0 Å². The second-order valence-electron chi connectivity index (χ2n) is 15.3. The largest absolute Gasteiger partial charge is 0.506 e. The van der Waals surface area contributed by atoms with Gasteiger partial charge in [0.1, 0.15) is 28.4 Å². The summed E-state index contributed by atoms with van der Waals surface area (Å²) in [5.74, 6) is -2.90. The third-order valence-corrected chi connectivity index (χ3v) is 10.9. The van der Waals surface area contributed by atoms with Crippen LogP contribution in [-0.4, -0.2) is 55.3 Å². The Morgan fingerprint density at radius 3 is 2.32 bits per heavy atom. The third-order valence-electron chi connectivity index (χ3n) is 10.9. The second-order valence-corrected chi connectivity index (χ2v) is 15.3. The highest BCUT2D eigenvalue weighted by molar-refractivity contribution is 6.18. The molecule has 1 aromatic carbocycles. The molecule has 1 saturated heterocycles. The Morgan fingerprint density at radius 2 is 1.68 bits per heavy atom. The minimum atomic E-state index is -1.67. The predicted octanol–water partition coefficient (Wildman–Crippen LogP) is 6.65. The molecule has 252 valence electrons. The highest BCUT2D eigenvalue weighted by atomic mass is 16.6. The van der Waals surface area contributed by atoms with Gasteiger partial charge >= 0.3 is 5.97 Å². The summed E-state index contributed by atoms with van der Waals surface area (Å²) in [4.78, 5) is 40.9. The van der Waals surface area contributed by atoms with Crippen molar-refractivity contribution in [3.63, 3.8) is 0 Å². The van der Waals surface area contributed by atoms with Crippen molar-refractivity contribution < 1.29 is 43.9 Å². The number of allylic oxidation sites excluding steroid dienone is 5. The van der Waals surface area contributed by atoms with Gasteiger partial charge in [-0.05, 0) is 81.1 Å². The Labute approximate surface area is 276 Å². The zero-order valence-corrected chi connectivity index (χ0v) is 28.6. The van der Waals surface area contributed by atoms with Gasteiger partial charge in [-0.25, -0.2) is 4.79 Å². The number of carbonyl (C=O) groups is 3. The lowest BCUT2D eigenvalue weighted by atomic mass is 9.51. The molecule has 6 atom stereocenters. The molecule has 0 unspecified atom stereocenters. The van der Waals surface area contributed by atoms with Crippen LogP contribution in [0.15, 0.2) is 46.6 Å². The number of hydrogen-bond acceptors (Lipinski definition) is 8. The van der Waals surface area contributed by atoms with Crippen LogP contribution in [0.1, 0.15) is 115 Å². The number of hydrogen-bond donors (Lipinski definition) is 3. The molecule has 47 heavy (non-hydrogen) atoms. The summed E-state index contributed by atoms with van der Waals surface area (Å²) in [5.41, 5.74) is -1.83. The maximum atomic E-state index is 14.8. The molecule has 3 aliphatic heterocycles. The molecule has 1 aromatic rings. The monoisotopic (exact) mass is 646 g/mol. The Bertz CT molecular complexity index is 1720. The third kappa shape index (κ3) is 4.75. The summed E-state index contributed by atoms with van der Waals surface area (Å²) in [6.45, 7) is 15.1. The first-order valence-electron chi connectivity index (χ1n) is 16.5. The van der Waals surface area contributed by atoms with E-state index in [9.17, 15) is 29.7 Å². The van der Waals surface area contributed by atoms with Crippen LogP contribution in [0.3, 0.4) is 0 Å². The molecule has 0 radical (unpaired) electrons. The van der Waals surface area contributed by atoms with Crippen molar-refractivity contribution >= 4 is 17.5 Å². The van der Waals surface area contributed by atoms with Crippen molar-refractivity contribution in [3.8, 4) is 17.2 Å². The van der Waals surface area contributed by atoms with Crippen LogP contribution in [0.4, 0.5) is 0 Å². The molecule has 3 aliphatic carbocycles. The smallest absolute Gasteiger partial charge is 0.330 e. The molecule has 7 rings (SSSR count). The molecular formula is C38H46O9. The van der Waals surface area contributed by atoms with Gasteiger partial charge in [-0.15, -0.1) is 0 Å². The van der Waals surface area contributed by atoms with Crippen molar-refractivity contribution in [3.05, 3.63) is 63.3 Å². The minimum absolute atomic E-state index is 0.0497. The number of aromatic hydroxyl groups is 1. The Morgan fingerprint density at radius 1 is 1.00 bits per heavy atom. The van der Waals surface area contributed by atoms with Crippen molar-refractivity contribution in [2.75, 3.05) is 0 Å². The normalized spacial score (nSPS) is 32.7. The number of aliphatic carboxylic acids is 1. The summed E-state index contributed by atoms with van der Waals surface area (Å²) in [7, 11) is 0. The minimum Gasteiger partial charge on any atom is -0.506 e. The van der Waals surface area contributed by atoms with Gasteiger partial charge in [0.2, 0.25) is 0 Å². The van der Waals surface area contributed by atoms with Crippen molar-refractivity contribution in [2.45, 2.75) is 122 Å². The van der Waals surface area contributed by atoms with Crippen LogP contribution in [0.5, 0.6) is 17.2 Å². The number of rotatable bonds is 8. The van der Waals surface area contributed by atoms with Crippen LogP contribution in [-0.2, 0) is 20.7 Å². The van der Waals surface area contributed by atoms with Gasteiger partial charge < -0.3 is 29.5 Å². The lowest BCUT2D eigenvalue weighted by molar-refractivity contribution is -0.171. The van der Waals surface area contributed by atoms with Gasteiger partial charge in [-0.2, -0.15) is 0 Å². The lowest BCUT2D eigenvalue weighted by Gasteiger charge is -2.56. The first-order valence-corrected chi connectivity index (χ1v) is 16.5. The molecule has 9 nitrogen and oxygen atoms in total.